The molecule has 0 unspecified atom stereocenters. The number of nitrogens with zero attached hydrogens (tertiary/aromatic N) is 1. The minimum atomic E-state index is -0.382. The molecule has 0 aliphatic carbocycles. The van der Waals surface area contributed by atoms with E-state index in [9.17, 15) is 14.9 Å². The largest absolute Gasteiger partial charge is 0.487 e. The number of rotatable bonds is 9. The Morgan fingerprint density at radius 1 is 0.838 bits per heavy atom. The Hall–Kier alpha value is -5.15. The van der Waals surface area contributed by atoms with Crippen molar-refractivity contribution in [3.05, 3.63) is 138 Å². The number of anilines is 2. The van der Waals surface area contributed by atoms with E-state index in [1.165, 1.54) is 0 Å². The number of benzene rings is 4. The average molecular weight is 488 g/mol. The van der Waals surface area contributed by atoms with Crippen LogP contribution in [-0.2, 0) is 13.0 Å². The van der Waals surface area contributed by atoms with E-state index in [4.69, 9.17) is 4.74 Å². The topological polar surface area (TPSA) is 91.2 Å². The molecule has 0 saturated heterocycles. The van der Waals surface area contributed by atoms with Crippen LogP contribution in [0.2, 0.25) is 0 Å². The normalized spacial score (nSPS) is 10.1. The SMILES string of the molecule is C=CCc1c(NC(=O)c2ccccc2)cc(OCc2ccccc2)c(NC(=O)c2ccccc2)c1C#N. The zero-order chi connectivity index (χ0) is 26.0. The molecule has 2 N–H and O–H groups in total. The van der Waals surface area contributed by atoms with Crippen molar-refractivity contribution in [1.29, 1.82) is 5.26 Å². The monoisotopic (exact) mass is 487 g/mol. The number of nitriles is 1. The molecule has 4 rings (SSSR count). The van der Waals surface area contributed by atoms with Gasteiger partial charge < -0.3 is 15.4 Å². The number of hydrogen-bond donors (Lipinski definition) is 2. The first-order valence-corrected chi connectivity index (χ1v) is 11.7. The molecule has 6 nitrogen and oxygen atoms in total. The van der Waals surface area contributed by atoms with Gasteiger partial charge in [0.25, 0.3) is 11.8 Å². The summed E-state index contributed by atoms with van der Waals surface area (Å²) < 4.78 is 6.12. The Balaban J connectivity index is 1.79. The van der Waals surface area contributed by atoms with Gasteiger partial charge in [0.2, 0.25) is 0 Å². The van der Waals surface area contributed by atoms with Gasteiger partial charge in [0.15, 0.2) is 0 Å². The number of carbonyl (C=O) groups excluding carboxylic acids is 2. The van der Waals surface area contributed by atoms with E-state index in [1.807, 2.05) is 42.5 Å². The molecule has 182 valence electrons. The summed E-state index contributed by atoms with van der Waals surface area (Å²) >= 11 is 0. The Labute approximate surface area is 215 Å². The molecule has 6 heteroatoms. The molecule has 0 spiro atoms. The van der Waals surface area contributed by atoms with Gasteiger partial charge in [-0.3, -0.25) is 9.59 Å². The molecule has 0 heterocycles. The van der Waals surface area contributed by atoms with Gasteiger partial charge in [0.1, 0.15) is 24.1 Å². The fourth-order valence-electron chi connectivity index (χ4n) is 3.82. The molecule has 0 aliphatic rings. The summed E-state index contributed by atoms with van der Waals surface area (Å²) in [7, 11) is 0. The van der Waals surface area contributed by atoms with Gasteiger partial charge in [-0.05, 0) is 41.8 Å². The van der Waals surface area contributed by atoms with E-state index >= 15 is 0 Å². The smallest absolute Gasteiger partial charge is 0.255 e. The van der Waals surface area contributed by atoms with Gasteiger partial charge in [0.05, 0.1) is 5.56 Å². The maximum Gasteiger partial charge on any atom is 0.255 e. The van der Waals surface area contributed by atoms with Gasteiger partial charge in [-0.15, -0.1) is 6.58 Å². The number of nitrogens with one attached hydrogen (secondary N) is 2. The minimum Gasteiger partial charge on any atom is -0.487 e. The highest BCUT2D eigenvalue weighted by Gasteiger charge is 2.22. The second-order valence-corrected chi connectivity index (χ2v) is 8.17. The van der Waals surface area contributed by atoms with Gasteiger partial charge >= 0.3 is 0 Å². The predicted octanol–water partition coefficient (Wildman–Crippen LogP) is 6.37. The lowest BCUT2D eigenvalue weighted by Gasteiger charge is -2.20. The second-order valence-electron chi connectivity index (χ2n) is 8.17. The van der Waals surface area contributed by atoms with E-state index in [2.05, 4.69) is 23.3 Å². The number of hydrogen-bond acceptors (Lipinski definition) is 4. The van der Waals surface area contributed by atoms with Gasteiger partial charge in [-0.1, -0.05) is 72.8 Å². The first-order chi connectivity index (χ1) is 18.1. The summed E-state index contributed by atoms with van der Waals surface area (Å²) in [6.07, 6.45) is 1.93. The summed E-state index contributed by atoms with van der Waals surface area (Å²) in [5.41, 5.74) is 3.18. The Kier molecular flexibility index (Phi) is 8.10. The van der Waals surface area contributed by atoms with Gasteiger partial charge in [-0.25, -0.2) is 0 Å². The number of carbonyl (C=O) groups is 2. The lowest BCUT2D eigenvalue weighted by molar-refractivity contribution is 0.101. The van der Waals surface area contributed by atoms with Crippen LogP contribution in [0, 0.1) is 11.3 Å². The van der Waals surface area contributed by atoms with Crippen LogP contribution in [0.5, 0.6) is 5.75 Å². The van der Waals surface area contributed by atoms with Crippen LogP contribution in [-0.4, -0.2) is 11.8 Å². The maximum atomic E-state index is 13.1. The number of allylic oxidation sites excluding steroid dienone is 1. The van der Waals surface area contributed by atoms with Crippen molar-refractivity contribution in [2.24, 2.45) is 0 Å². The highest BCUT2D eigenvalue weighted by Crippen LogP contribution is 2.38. The summed E-state index contributed by atoms with van der Waals surface area (Å²) in [6, 6.07) is 30.9. The highest BCUT2D eigenvalue weighted by molar-refractivity contribution is 6.08. The van der Waals surface area contributed by atoms with Crippen molar-refractivity contribution < 1.29 is 14.3 Å². The molecule has 0 aliphatic heterocycles. The van der Waals surface area contributed by atoms with E-state index in [-0.39, 0.29) is 35.4 Å². The molecular formula is C31H25N3O3. The Morgan fingerprint density at radius 2 is 1.38 bits per heavy atom. The fraction of sp³-hybridized carbons (Fsp3) is 0.0645. The number of ether oxygens (including phenoxy) is 1. The molecular weight excluding hydrogens is 462 g/mol. The molecule has 0 radical (unpaired) electrons. The lowest BCUT2D eigenvalue weighted by atomic mass is 9.99. The quantitative estimate of drug-likeness (QED) is 0.268. The zero-order valence-corrected chi connectivity index (χ0v) is 20.1. The van der Waals surface area contributed by atoms with Crippen molar-refractivity contribution in [3.8, 4) is 11.8 Å². The highest BCUT2D eigenvalue weighted by atomic mass is 16.5. The molecule has 0 bridgehead atoms. The second kappa shape index (κ2) is 12.0. The molecule has 0 aromatic heterocycles. The molecule has 0 fully saturated rings. The Bertz CT molecular complexity index is 1440. The van der Waals surface area contributed by atoms with E-state index in [0.717, 1.165) is 5.56 Å². The van der Waals surface area contributed by atoms with E-state index in [1.54, 1.807) is 60.7 Å². The molecule has 4 aromatic carbocycles. The van der Waals surface area contributed by atoms with E-state index in [0.29, 0.717) is 28.8 Å². The third-order valence-electron chi connectivity index (χ3n) is 5.65. The van der Waals surface area contributed by atoms with Crippen LogP contribution < -0.4 is 15.4 Å². The Morgan fingerprint density at radius 3 is 1.92 bits per heavy atom. The fourth-order valence-corrected chi connectivity index (χ4v) is 3.82. The summed E-state index contributed by atoms with van der Waals surface area (Å²) in [5.74, 6) is -0.446. The van der Waals surface area contributed by atoms with Crippen molar-refractivity contribution in [2.75, 3.05) is 10.6 Å². The van der Waals surface area contributed by atoms with Gasteiger partial charge in [-0.2, -0.15) is 5.26 Å². The molecule has 37 heavy (non-hydrogen) atoms. The molecule has 4 aromatic rings. The first-order valence-electron chi connectivity index (χ1n) is 11.7. The van der Waals surface area contributed by atoms with E-state index < -0.39 is 0 Å². The standard InChI is InChI=1S/C31H25N3O3/c1-2-12-25-26(20-32)29(34-31(36)24-17-10-5-11-18-24)28(37-21-22-13-6-3-7-14-22)19-27(25)33-30(35)23-15-8-4-9-16-23/h2-11,13-19H,1,12,21H2,(H,33,35)(H,34,36). The van der Waals surface area contributed by atoms with Crippen LogP contribution >= 0.6 is 0 Å². The third-order valence-corrected chi connectivity index (χ3v) is 5.65. The average Bonchev–Trinajstić information content (AvgIpc) is 2.95. The summed E-state index contributed by atoms with van der Waals surface area (Å²) in [5, 5.41) is 16.0. The van der Waals surface area contributed by atoms with Crippen molar-refractivity contribution >= 4 is 23.2 Å². The van der Waals surface area contributed by atoms with Crippen LogP contribution in [0.25, 0.3) is 0 Å². The maximum absolute atomic E-state index is 13.1. The van der Waals surface area contributed by atoms with Crippen molar-refractivity contribution in [2.45, 2.75) is 13.0 Å². The summed E-state index contributed by atoms with van der Waals surface area (Å²) in [4.78, 5) is 26.0. The van der Waals surface area contributed by atoms with Crippen molar-refractivity contribution in [3.63, 3.8) is 0 Å². The predicted molar refractivity (Wildman–Crippen MR) is 145 cm³/mol. The summed E-state index contributed by atoms with van der Waals surface area (Å²) in [6.45, 7) is 4.01. The van der Waals surface area contributed by atoms with Crippen LogP contribution in [0.1, 0.15) is 37.4 Å². The van der Waals surface area contributed by atoms with Gasteiger partial charge in [0, 0.05) is 22.9 Å². The van der Waals surface area contributed by atoms with Crippen LogP contribution in [0.15, 0.2) is 110 Å². The zero-order valence-electron chi connectivity index (χ0n) is 20.1. The third kappa shape index (κ3) is 6.11. The van der Waals surface area contributed by atoms with Crippen molar-refractivity contribution in [1.82, 2.24) is 0 Å². The molecule has 2 amide bonds. The molecule has 0 saturated carbocycles. The molecule has 0 atom stereocenters. The minimum absolute atomic E-state index is 0.193. The van der Waals surface area contributed by atoms with Crippen LogP contribution in [0.4, 0.5) is 11.4 Å². The first kappa shape index (κ1) is 25.0. The number of amides is 2. The van der Waals surface area contributed by atoms with Crippen LogP contribution in [0.3, 0.4) is 0 Å². The lowest BCUT2D eigenvalue weighted by Crippen LogP contribution is -2.18.